The first-order valence-corrected chi connectivity index (χ1v) is 8.94. The van der Waals surface area contributed by atoms with Gasteiger partial charge < -0.3 is 10.1 Å². The van der Waals surface area contributed by atoms with Gasteiger partial charge in [0.25, 0.3) is 0 Å². The summed E-state index contributed by atoms with van der Waals surface area (Å²) in [6.07, 6.45) is 3.53. The normalized spacial score (nSPS) is 11.1. The SMILES string of the molecule is CCCCCOc1c(Br)cc(CNCC(C)C)cc1Br. The molecule has 4 heteroatoms. The van der Waals surface area contributed by atoms with Crippen molar-refractivity contribution in [1.82, 2.24) is 5.32 Å². The number of halogens is 2. The van der Waals surface area contributed by atoms with Gasteiger partial charge in [0.05, 0.1) is 15.6 Å². The Kier molecular flexibility index (Phi) is 8.82. The first-order valence-electron chi connectivity index (χ1n) is 7.36. The number of ether oxygens (including phenoxy) is 1. The molecule has 0 saturated carbocycles. The van der Waals surface area contributed by atoms with Gasteiger partial charge in [0.2, 0.25) is 0 Å². The topological polar surface area (TPSA) is 21.3 Å². The highest BCUT2D eigenvalue weighted by atomic mass is 79.9. The van der Waals surface area contributed by atoms with Gasteiger partial charge in [-0.05, 0) is 68.4 Å². The Morgan fingerprint density at radius 2 is 1.80 bits per heavy atom. The van der Waals surface area contributed by atoms with Crippen LogP contribution in [-0.4, -0.2) is 13.2 Å². The zero-order valence-corrected chi connectivity index (χ0v) is 15.8. The lowest BCUT2D eigenvalue weighted by Crippen LogP contribution is -2.19. The van der Waals surface area contributed by atoms with Crippen LogP contribution in [0.3, 0.4) is 0 Å². The molecule has 0 spiro atoms. The summed E-state index contributed by atoms with van der Waals surface area (Å²) < 4.78 is 7.89. The Bertz CT molecular complexity index is 384. The van der Waals surface area contributed by atoms with Crippen LogP contribution in [-0.2, 0) is 6.54 Å². The molecule has 0 unspecified atom stereocenters. The molecule has 0 aliphatic heterocycles. The second kappa shape index (κ2) is 9.80. The van der Waals surface area contributed by atoms with Crippen LogP contribution in [0, 0.1) is 5.92 Å². The van der Waals surface area contributed by atoms with E-state index in [2.05, 4.69) is 70.1 Å². The molecular weight excluding hydrogens is 382 g/mol. The highest BCUT2D eigenvalue weighted by Gasteiger charge is 2.09. The van der Waals surface area contributed by atoms with E-state index < -0.39 is 0 Å². The number of hydrogen-bond acceptors (Lipinski definition) is 2. The van der Waals surface area contributed by atoms with Crippen LogP contribution >= 0.6 is 31.9 Å². The second-order valence-corrected chi connectivity index (χ2v) is 7.18. The fourth-order valence-corrected chi connectivity index (χ4v) is 3.39. The zero-order valence-electron chi connectivity index (χ0n) is 12.6. The Hall–Kier alpha value is -0.0600. The summed E-state index contributed by atoms with van der Waals surface area (Å²) >= 11 is 7.21. The second-order valence-electron chi connectivity index (χ2n) is 5.47. The molecule has 0 aliphatic rings. The molecular formula is C16H25Br2NO. The summed E-state index contributed by atoms with van der Waals surface area (Å²) in [5.41, 5.74) is 1.25. The zero-order chi connectivity index (χ0) is 15.0. The molecule has 0 saturated heterocycles. The molecule has 0 radical (unpaired) electrons. The minimum absolute atomic E-state index is 0.669. The van der Waals surface area contributed by atoms with Crippen LogP contribution in [0.25, 0.3) is 0 Å². The first-order chi connectivity index (χ1) is 9.54. The average molecular weight is 407 g/mol. The third-order valence-electron chi connectivity index (χ3n) is 2.93. The molecule has 20 heavy (non-hydrogen) atoms. The van der Waals surface area contributed by atoms with Crippen LogP contribution in [0.2, 0.25) is 0 Å². The van der Waals surface area contributed by atoms with E-state index in [4.69, 9.17) is 4.74 Å². The summed E-state index contributed by atoms with van der Waals surface area (Å²) in [6, 6.07) is 4.26. The highest BCUT2D eigenvalue weighted by molar-refractivity contribution is 9.11. The van der Waals surface area contributed by atoms with Gasteiger partial charge in [-0.2, -0.15) is 0 Å². The van der Waals surface area contributed by atoms with Gasteiger partial charge in [-0.3, -0.25) is 0 Å². The summed E-state index contributed by atoms with van der Waals surface area (Å²) in [6.45, 7) is 9.31. The quantitative estimate of drug-likeness (QED) is 0.544. The van der Waals surface area contributed by atoms with Crippen LogP contribution in [0.15, 0.2) is 21.1 Å². The van der Waals surface area contributed by atoms with Crippen LogP contribution in [0.1, 0.15) is 45.6 Å². The minimum atomic E-state index is 0.669. The van der Waals surface area contributed by atoms with Crippen molar-refractivity contribution in [3.05, 3.63) is 26.6 Å². The molecule has 1 aromatic rings. The van der Waals surface area contributed by atoms with Crippen molar-refractivity contribution in [1.29, 1.82) is 0 Å². The van der Waals surface area contributed by atoms with Gasteiger partial charge in [-0.25, -0.2) is 0 Å². The van der Waals surface area contributed by atoms with Crippen molar-refractivity contribution in [3.63, 3.8) is 0 Å². The van der Waals surface area contributed by atoms with E-state index in [1.54, 1.807) is 0 Å². The average Bonchev–Trinajstić information content (AvgIpc) is 2.36. The fraction of sp³-hybridized carbons (Fsp3) is 0.625. The summed E-state index contributed by atoms with van der Waals surface area (Å²) in [7, 11) is 0. The standard InChI is InChI=1S/C16H25Br2NO/c1-4-5-6-7-20-16-14(17)8-13(9-15(16)18)11-19-10-12(2)3/h8-9,12,19H,4-7,10-11H2,1-3H3. The number of unbranched alkanes of at least 4 members (excludes halogenated alkanes) is 2. The molecule has 0 amide bonds. The predicted molar refractivity (Wildman–Crippen MR) is 93.4 cm³/mol. The number of hydrogen-bond donors (Lipinski definition) is 1. The van der Waals surface area contributed by atoms with E-state index in [0.717, 1.165) is 40.8 Å². The third-order valence-corrected chi connectivity index (χ3v) is 4.11. The largest absolute Gasteiger partial charge is 0.491 e. The highest BCUT2D eigenvalue weighted by Crippen LogP contribution is 2.35. The van der Waals surface area contributed by atoms with Gasteiger partial charge in [0, 0.05) is 6.54 Å². The Morgan fingerprint density at radius 1 is 1.15 bits per heavy atom. The molecule has 0 aliphatic carbocycles. The van der Waals surface area contributed by atoms with Gasteiger partial charge in [-0.1, -0.05) is 33.6 Å². The summed E-state index contributed by atoms with van der Waals surface area (Å²) in [5.74, 6) is 1.58. The van der Waals surface area contributed by atoms with Crippen molar-refractivity contribution in [2.24, 2.45) is 5.92 Å². The molecule has 1 aromatic carbocycles. The van der Waals surface area contributed by atoms with E-state index in [-0.39, 0.29) is 0 Å². The molecule has 114 valence electrons. The lowest BCUT2D eigenvalue weighted by atomic mass is 10.2. The molecule has 1 N–H and O–H groups in total. The fourth-order valence-electron chi connectivity index (χ4n) is 1.88. The van der Waals surface area contributed by atoms with Gasteiger partial charge in [0.15, 0.2) is 0 Å². The van der Waals surface area contributed by atoms with Crippen LogP contribution in [0.5, 0.6) is 5.75 Å². The van der Waals surface area contributed by atoms with Gasteiger partial charge >= 0.3 is 0 Å². The first kappa shape index (κ1) is 18.0. The smallest absolute Gasteiger partial charge is 0.147 e. The molecule has 1 rings (SSSR count). The monoisotopic (exact) mass is 405 g/mol. The maximum atomic E-state index is 5.85. The Labute approximate surface area is 139 Å². The minimum Gasteiger partial charge on any atom is -0.491 e. The van der Waals surface area contributed by atoms with E-state index in [1.165, 1.54) is 18.4 Å². The van der Waals surface area contributed by atoms with E-state index in [0.29, 0.717) is 5.92 Å². The molecule has 0 atom stereocenters. The number of rotatable bonds is 9. The number of benzene rings is 1. The summed E-state index contributed by atoms with van der Waals surface area (Å²) in [4.78, 5) is 0. The maximum absolute atomic E-state index is 5.85. The van der Waals surface area contributed by atoms with E-state index >= 15 is 0 Å². The Balaban J connectivity index is 2.56. The molecule has 0 bridgehead atoms. The van der Waals surface area contributed by atoms with Crippen LogP contribution < -0.4 is 10.1 Å². The molecule has 0 aromatic heterocycles. The lowest BCUT2D eigenvalue weighted by molar-refractivity contribution is 0.302. The summed E-state index contributed by atoms with van der Waals surface area (Å²) in [5, 5.41) is 3.45. The van der Waals surface area contributed by atoms with Gasteiger partial charge in [-0.15, -0.1) is 0 Å². The van der Waals surface area contributed by atoms with Gasteiger partial charge in [0.1, 0.15) is 5.75 Å². The van der Waals surface area contributed by atoms with Crippen molar-refractivity contribution >= 4 is 31.9 Å². The maximum Gasteiger partial charge on any atom is 0.147 e. The molecule has 0 fully saturated rings. The van der Waals surface area contributed by atoms with E-state index in [1.807, 2.05) is 0 Å². The third kappa shape index (κ3) is 6.59. The molecule has 2 nitrogen and oxygen atoms in total. The Morgan fingerprint density at radius 3 is 2.35 bits per heavy atom. The van der Waals surface area contributed by atoms with Crippen LogP contribution in [0.4, 0.5) is 0 Å². The van der Waals surface area contributed by atoms with Crippen molar-refractivity contribution in [2.45, 2.75) is 46.6 Å². The van der Waals surface area contributed by atoms with Crippen molar-refractivity contribution in [3.8, 4) is 5.75 Å². The predicted octanol–water partition coefficient (Wildman–Crippen LogP) is 5.53. The van der Waals surface area contributed by atoms with E-state index in [9.17, 15) is 0 Å². The van der Waals surface area contributed by atoms with Crippen molar-refractivity contribution < 1.29 is 4.74 Å². The lowest BCUT2D eigenvalue weighted by Gasteiger charge is -2.13. The molecule has 0 heterocycles. The number of nitrogens with one attached hydrogen (secondary N) is 1. The van der Waals surface area contributed by atoms with Crippen molar-refractivity contribution in [2.75, 3.05) is 13.2 Å².